The van der Waals surface area contributed by atoms with E-state index in [1.165, 1.54) is 5.56 Å². The van der Waals surface area contributed by atoms with Gasteiger partial charge in [-0.3, -0.25) is 4.79 Å². The number of rotatable bonds is 5. The Morgan fingerprint density at radius 1 is 1.03 bits per heavy atom. The first-order valence-corrected chi connectivity index (χ1v) is 10.2. The van der Waals surface area contributed by atoms with Gasteiger partial charge in [-0.05, 0) is 50.1 Å². The molecule has 1 aliphatic rings. The van der Waals surface area contributed by atoms with E-state index in [0.29, 0.717) is 0 Å². The van der Waals surface area contributed by atoms with Crippen molar-refractivity contribution in [2.45, 2.75) is 19.8 Å². The first-order chi connectivity index (χ1) is 14.6. The molecule has 0 aliphatic carbocycles. The molecular formula is C24H26N4O2. The first kappa shape index (κ1) is 19.9. The number of nitrogens with one attached hydrogen (secondary N) is 1. The topological polar surface area (TPSA) is 67.3 Å². The smallest absolute Gasteiger partial charge is 0.227 e. The maximum Gasteiger partial charge on any atom is 0.227 e. The Morgan fingerprint density at radius 2 is 1.73 bits per heavy atom. The summed E-state index contributed by atoms with van der Waals surface area (Å²) in [6, 6.07) is 17.6. The number of nitrogens with zero attached hydrogens (tertiary/aromatic N) is 3. The van der Waals surface area contributed by atoms with Crippen LogP contribution in [0.4, 0.5) is 11.5 Å². The molecule has 3 aromatic rings. The van der Waals surface area contributed by atoms with Crippen LogP contribution in [0.3, 0.4) is 0 Å². The fourth-order valence-electron chi connectivity index (χ4n) is 3.66. The second-order valence-electron chi connectivity index (χ2n) is 7.58. The maximum atomic E-state index is 12.6. The third-order valence-corrected chi connectivity index (χ3v) is 5.50. The summed E-state index contributed by atoms with van der Waals surface area (Å²) >= 11 is 0. The zero-order chi connectivity index (χ0) is 20.9. The minimum Gasteiger partial charge on any atom is -0.497 e. The summed E-state index contributed by atoms with van der Waals surface area (Å²) in [4.78, 5) is 24.1. The van der Waals surface area contributed by atoms with E-state index >= 15 is 0 Å². The van der Waals surface area contributed by atoms with Crippen molar-refractivity contribution in [2.75, 3.05) is 30.4 Å². The summed E-state index contributed by atoms with van der Waals surface area (Å²) in [5.41, 5.74) is 3.02. The summed E-state index contributed by atoms with van der Waals surface area (Å²) in [5.74, 6) is 2.49. The molecule has 0 unspecified atom stereocenters. The number of piperidine rings is 1. The lowest BCUT2D eigenvalue weighted by Gasteiger charge is -2.32. The van der Waals surface area contributed by atoms with E-state index < -0.39 is 0 Å². The van der Waals surface area contributed by atoms with Gasteiger partial charge in [0, 0.05) is 36.5 Å². The van der Waals surface area contributed by atoms with Crippen molar-refractivity contribution in [3.63, 3.8) is 0 Å². The minimum absolute atomic E-state index is 0.00163. The SMILES string of the molecule is COc1ccc(NC(=O)C2CCN(c3ccnc(-c4ccc(C)cc4)n3)CC2)cc1. The molecule has 0 bridgehead atoms. The molecule has 1 amide bonds. The molecule has 1 fully saturated rings. The molecule has 1 aromatic heterocycles. The molecule has 154 valence electrons. The van der Waals surface area contributed by atoms with Crippen LogP contribution in [0.25, 0.3) is 11.4 Å². The Hall–Kier alpha value is -3.41. The Bertz CT molecular complexity index is 994. The lowest BCUT2D eigenvalue weighted by Crippen LogP contribution is -2.38. The van der Waals surface area contributed by atoms with Gasteiger partial charge in [0.15, 0.2) is 5.82 Å². The lowest BCUT2D eigenvalue weighted by atomic mass is 9.96. The summed E-state index contributed by atoms with van der Waals surface area (Å²) in [5, 5.41) is 3.01. The molecule has 1 saturated heterocycles. The Labute approximate surface area is 176 Å². The van der Waals surface area contributed by atoms with E-state index in [1.54, 1.807) is 13.3 Å². The van der Waals surface area contributed by atoms with Gasteiger partial charge in [-0.1, -0.05) is 29.8 Å². The van der Waals surface area contributed by atoms with Crippen LogP contribution in [0.2, 0.25) is 0 Å². The summed E-state index contributed by atoms with van der Waals surface area (Å²) in [6.45, 7) is 3.66. The molecule has 6 heteroatoms. The molecule has 0 saturated carbocycles. The van der Waals surface area contributed by atoms with Gasteiger partial charge in [0.05, 0.1) is 7.11 Å². The highest BCUT2D eigenvalue weighted by molar-refractivity contribution is 5.92. The molecule has 6 nitrogen and oxygen atoms in total. The monoisotopic (exact) mass is 402 g/mol. The molecular weight excluding hydrogens is 376 g/mol. The number of anilines is 2. The molecule has 1 aliphatic heterocycles. The van der Waals surface area contributed by atoms with Crippen molar-refractivity contribution in [1.29, 1.82) is 0 Å². The number of benzene rings is 2. The highest BCUT2D eigenvalue weighted by atomic mass is 16.5. The van der Waals surface area contributed by atoms with Crippen LogP contribution in [0.15, 0.2) is 60.8 Å². The Morgan fingerprint density at radius 3 is 2.40 bits per heavy atom. The van der Waals surface area contributed by atoms with Crippen LogP contribution in [0.5, 0.6) is 5.75 Å². The third-order valence-electron chi connectivity index (χ3n) is 5.50. The zero-order valence-electron chi connectivity index (χ0n) is 17.3. The van der Waals surface area contributed by atoms with E-state index in [2.05, 4.69) is 34.3 Å². The molecule has 0 radical (unpaired) electrons. The predicted molar refractivity (Wildman–Crippen MR) is 119 cm³/mol. The Kier molecular flexibility index (Phi) is 5.93. The van der Waals surface area contributed by atoms with E-state index in [0.717, 1.165) is 54.6 Å². The van der Waals surface area contributed by atoms with Gasteiger partial charge < -0.3 is 15.0 Å². The van der Waals surface area contributed by atoms with Crippen LogP contribution >= 0.6 is 0 Å². The van der Waals surface area contributed by atoms with Gasteiger partial charge >= 0.3 is 0 Å². The highest BCUT2D eigenvalue weighted by Gasteiger charge is 2.26. The number of ether oxygens (including phenoxy) is 1. The number of carbonyl (C=O) groups is 1. The fourth-order valence-corrected chi connectivity index (χ4v) is 3.66. The number of carbonyl (C=O) groups excluding carboxylic acids is 1. The van der Waals surface area contributed by atoms with Crippen LogP contribution in [-0.2, 0) is 4.79 Å². The molecule has 1 N–H and O–H groups in total. The number of hydrogen-bond acceptors (Lipinski definition) is 5. The normalized spacial score (nSPS) is 14.4. The van der Waals surface area contributed by atoms with Crippen molar-refractivity contribution < 1.29 is 9.53 Å². The van der Waals surface area contributed by atoms with Gasteiger partial charge in [0.1, 0.15) is 11.6 Å². The average molecular weight is 402 g/mol. The summed E-state index contributed by atoms with van der Waals surface area (Å²) in [7, 11) is 1.63. The Balaban J connectivity index is 1.36. The number of methoxy groups -OCH3 is 1. The van der Waals surface area contributed by atoms with E-state index in [4.69, 9.17) is 9.72 Å². The molecule has 2 aromatic carbocycles. The standard InChI is InChI=1S/C24H26N4O2/c1-17-3-5-18(6-4-17)23-25-14-11-22(27-23)28-15-12-19(13-16-28)24(29)26-20-7-9-21(30-2)10-8-20/h3-11,14,19H,12-13,15-16H2,1-2H3,(H,26,29). The van der Waals surface area contributed by atoms with Crippen molar-refractivity contribution in [1.82, 2.24) is 9.97 Å². The quantitative estimate of drug-likeness (QED) is 0.689. The summed E-state index contributed by atoms with van der Waals surface area (Å²) < 4.78 is 5.16. The van der Waals surface area contributed by atoms with E-state index in [1.807, 2.05) is 42.5 Å². The van der Waals surface area contributed by atoms with Gasteiger partial charge in [0.25, 0.3) is 0 Å². The van der Waals surface area contributed by atoms with Crippen LogP contribution < -0.4 is 15.0 Å². The lowest BCUT2D eigenvalue weighted by molar-refractivity contribution is -0.120. The average Bonchev–Trinajstić information content (AvgIpc) is 2.80. The van der Waals surface area contributed by atoms with E-state index in [9.17, 15) is 4.79 Å². The van der Waals surface area contributed by atoms with Crippen molar-refractivity contribution in [3.05, 3.63) is 66.4 Å². The zero-order valence-corrected chi connectivity index (χ0v) is 17.3. The van der Waals surface area contributed by atoms with Gasteiger partial charge in [0.2, 0.25) is 5.91 Å². The fraction of sp³-hybridized carbons (Fsp3) is 0.292. The second kappa shape index (κ2) is 8.95. The minimum atomic E-state index is 0.00163. The molecule has 4 rings (SSSR count). The molecule has 30 heavy (non-hydrogen) atoms. The first-order valence-electron chi connectivity index (χ1n) is 10.2. The molecule has 0 atom stereocenters. The van der Waals surface area contributed by atoms with Crippen molar-refractivity contribution >= 4 is 17.4 Å². The van der Waals surface area contributed by atoms with Crippen LogP contribution in [-0.4, -0.2) is 36.1 Å². The predicted octanol–water partition coefficient (Wildman–Crippen LogP) is 4.32. The van der Waals surface area contributed by atoms with Gasteiger partial charge in [-0.2, -0.15) is 0 Å². The number of amides is 1. The van der Waals surface area contributed by atoms with Crippen LogP contribution in [0, 0.1) is 12.8 Å². The highest BCUT2D eigenvalue weighted by Crippen LogP contribution is 2.25. The van der Waals surface area contributed by atoms with Gasteiger partial charge in [-0.15, -0.1) is 0 Å². The summed E-state index contributed by atoms with van der Waals surface area (Å²) in [6.07, 6.45) is 3.40. The second-order valence-corrected chi connectivity index (χ2v) is 7.58. The van der Waals surface area contributed by atoms with Crippen LogP contribution in [0.1, 0.15) is 18.4 Å². The van der Waals surface area contributed by atoms with Gasteiger partial charge in [-0.25, -0.2) is 9.97 Å². The van der Waals surface area contributed by atoms with E-state index in [-0.39, 0.29) is 11.8 Å². The van der Waals surface area contributed by atoms with Crippen molar-refractivity contribution in [3.8, 4) is 17.1 Å². The number of hydrogen-bond donors (Lipinski definition) is 1. The van der Waals surface area contributed by atoms with Crippen molar-refractivity contribution in [2.24, 2.45) is 5.92 Å². The number of aryl methyl sites for hydroxylation is 1. The number of aromatic nitrogens is 2. The third kappa shape index (κ3) is 4.59. The molecule has 2 heterocycles. The maximum absolute atomic E-state index is 12.6. The largest absolute Gasteiger partial charge is 0.497 e. The molecule has 0 spiro atoms.